The number of amides is 1. The van der Waals surface area contributed by atoms with Crippen LogP contribution in [0.25, 0.3) is 0 Å². The predicted octanol–water partition coefficient (Wildman–Crippen LogP) is -0.336. The molecule has 1 rings (SSSR count). The number of nitrogens with zero attached hydrogens (tertiary/aromatic N) is 1. The minimum absolute atomic E-state index is 0.126. The van der Waals surface area contributed by atoms with Crippen LogP contribution >= 0.6 is 0 Å². The van der Waals surface area contributed by atoms with Gasteiger partial charge < -0.3 is 15.5 Å². The van der Waals surface area contributed by atoms with E-state index in [2.05, 4.69) is 10.6 Å². The molecular formula is C10H21N3O. The maximum Gasteiger partial charge on any atom is 0.234 e. The van der Waals surface area contributed by atoms with E-state index in [4.69, 9.17) is 0 Å². The molecular weight excluding hydrogens is 178 g/mol. The lowest BCUT2D eigenvalue weighted by molar-refractivity contribution is -0.121. The number of likely N-dealkylation sites (N-methyl/N-ethyl adjacent to an activating group) is 1. The van der Waals surface area contributed by atoms with Crippen LogP contribution in [0.2, 0.25) is 0 Å². The predicted molar refractivity (Wildman–Crippen MR) is 57.2 cm³/mol. The van der Waals surface area contributed by atoms with Crippen LogP contribution in [0.4, 0.5) is 0 Å². The molecule has 1 atom stereocenters. The highest BCUT2D eigenvalue weighted by molar-refractivity contribution is 5.77. The van der Waals surface area contributed by atoms with Gasteiger partial charge in [-0.2, -0.15) is 0 Å². The summed E-state index contributed by atoms with van der Waals surface area (Å²) in [4.78, 5) is 13.1. The van der Waals surface area contributed by atoms with Crippen molar-refractivity contribution in [1.82, 2.24) is 15.5 Å². The maximum absolute atomic E-state index is 11.3. The van der Waals surface area contributed by atoms with E-state index in [1.54, 1.807) is 0 Å². The Kier molecular flexibility index (Phi) is 4.90. The molecule has 0 bridgehead atoms. The SMILES string of the molecule is CN(C)CC(=O)NCCC1CCNC1. The Bertz CT molecular complexity index is 176. The Morgan fingerprint density at radius 1 is 1.57 bits per heavy atom. The smallest absolute Gasteiger partial charge is 0.234 e. The fraction of sp³-hybridized carbons (Fsp3) is 0.900. The number of nitrogens with one attached hydrogen (secondary N) is 2. The Morgan fingerprint density at radius 2 is 2.36 bits per heavy atom. The first kappa shape index (κ1) is 11.5. The molecule has 0 aliphatic carbocycles. The van der Waals surface area contributed by atoms with Crippen molar-refractivity contribution in [1.29, 1.82) is 0 Å². The fourth-order valence-corrected chi connectivity index (χ4v) is 1.72. The van der Waals surface area contributed by atoms with E-state index in [1.165, 1.54) is 6.42 Å². The molecule has 0 radical (unpaired) electrons. The number of hydrogen-bond donors (Lipinski definition) is 2. The largest absolute Gasteiger partial charge is 0.355 e. The van der Waals surface area contributed by atoms with Gasteiger partial charge >= 0.3 is 0 Å². The zero-order chi connectivity index (χ0) is 10.4. The summed E-state index contributed by atoms with van der Waals surface area (Å²) in [5, 5.41) is 6.25. The van der Waals surface area contributed by atoms with E-state index < -0.39 is 0 Å². The quantitative estimate of drug-likeness (QED) is 0.637. The zero-order valence-corrected chi connectivity index (χ0v) is 9.18. The molecule has 1 unspecified atom stereocenters. The lowest BCUT2D eigenvalue weighted by Crippen LogP contribution is -2.34. The molecule has 1 aliphatic heterocycles. The van der Waals surface area contributed by atoms with E-state index in [-0.39, 0.29) is 5.91 Å². The van der Waals surface area contributed by atoms with Crippen molar-refractivity contribution in [2.24, 2.45) is 5.92 Å². The number of carbonyl (C=O) groups is 1. The molecule has 0 aromatic heterocycles. The Morgan fingerprint density at radius 3 is 2.93 bits per heavy atom. The molecule has 1 saturated heterocycles. The zero-order valence-electron chi connectivity index (χ0n) is 9.18. The molecule has 1 heterocycles. The van der Waals surface area contributed by atoms with Gasteiger partial charge in [-0.1, -0.05) is 0 Å². The van der Waals surface area contributed by atoms with E-state index in [0.717, 1.165) is 32.0 Å². The average molecular weight is 199 g/mol. The molecule has 0 spiro atoms. The lowest BCUT2D eigenvalue weighted by Gasteiger charge is -2.11. The van der Waals surface area contributed by atoms with Gasteiger partial charge in [-0.25, -0.2) is 0 Å². The summed E-state index contributed by atoms with van der Waals surface area (Å²) in [6, 6.07) is 0. The van der Waals surface area contributed by atoms with Crippen molar-refractivity contribution in [3.05, 3.63) is 0 Å². The van der Waals surface area contributed by atoms with Gasteiger partial charge in [0.15, 0.2) is 0 Å². The average Bonchev–Trinajstić information content (AvgIpc) is 2.55. The lowest BCUT2D eigenvalue weighted by atomic mass is 10.1. The van der Waals surface area contributed by atoms with Crippen LogP contribution in [0.15, 0.2) is 0 Å². The second kappa shape index (κ2) is 5.98. The summed E-state index contributed by atoms with van der Waals surface area (Å²) in [5.41, 5.74) is 0. The van der Waals surface area contributed by atoms with Gasteiger partial charge in [0.2, 0.25) is 5.91 Å². The molecule has 0 aromatic rings. The van der Waals surface area contributed by atoms with Crippen LogP contribution < -0.4 is 10.6 Å². The highest BCUT2D eigenvalue weighted by atomic mass is 16.1. The molecule has 14 heavy (non-hydrogen) atoms. The van der Waals surface area contributed by atoms with Crippen LogP contribution in [-0.2, 0) is 4.79 Å². The summed E-state index contributed by atoms with van der Waals surface area (Å²) in [6.07, 6.45) is 2.36. The first-order valence-corrected chi connectivity index (χ1v) is 5.30. The normalized spacial score (nSPS) is 21.5. The standard InChI is InChI=1S/C10H21N3O/c1-13(2)8-10(14)12-6-4-9-3-5-11-7-9/h9,11H,3-8H2,1-2H3,(H,12,14). The van der Waals surface area contributed by atoms with Crippen LogP contribution in [0.5, 0.6) is 0 Å². The third-order valence-electron chi connectivity index (χ3n) is 2.50. The van der Waals surface area contributed by atoms with E-state index in [0.29, 0.717) is 6.54 Å². The van der Waals surface area contributed by atoms with E-state index in [1.807, 2.05) is 19.0 Å². The van der Waals surface area contributed by atoms with Crippen molar-refractivity contribution in [3.8, 4) is 0 Å². The molecule has 2 N–H and O–H groups in total. The Balaban J connectivity index is 1.99. The topological polar surface area (TPSA) is 44.4 Å². The van der Waals surface area contributed by atoms with Crippen molar-refractivity contribution >= 4 is 5.91 Å². The highest BCUT2D eigenvalue weighted by Crippen LogP contribution is 2.10. The minimum atomic E-state index is 0.126. The summed E-state index contributed by atoms with van der Waals surface area (Å²) < 4.78 is 0. The van der Waals surface area contributed by atoms with Crippen LogP contribution in [0.1, 0.15) is 12.8 Å². The highest BCUT2D eigenvalue weighted by Gasteiger charge is 2.13. The van der Waals surface area contributed by atoms with Crippen molar-refractivity contribution in [2.75, 3.05) is 40.3 Å². The summed E-state index contributed by atoms with van der Waals surface area (Å²) in [5.74, 6) is 0.885. The number of carbonyl (C=O) groups excluding carboxylic acids is 1. The minimum Gasteiger partial charge on any atom is -0.355 e. The van der Waals surface area contributed by atoms with Gasteiger partial charge in [-0.05, 0) is 45.9 Å². The van der Waals surface area contributed by atoms with E-state index in [9.17, 15) is 4.79 Å². The molecule has 1 amide bonds. The second-order valence-electron chi connectivity index (χ2n) is 4.24. The summed E-state index contributed by atoms with van der Waals surface area (Å²) in [7, 11) is 3.81. The monoisotopic (exact) mass is 199 g/mol. The van der Waals surface area contributed by atoms with Crippen molar-refractivity contribution in [2.45, 2.75) is 12.8 Å². The van der Waals surface area contributed by atoms with Crippen LogP contribution in [0.3, 0.4) is 0 Å². The third kappa shape index (κ3) is 4.58. The molecule has 1 aliphatic rings. The van der Waals surface area contributed by atoms with Gasteiger partial charge in [0, 0.05) is 6.54 Å². The first-order chi connectivity index (χ1) is 6.68. The third-order valence-corrected chi connectivity index (χ3v) is 2.50. The molecule has 4 heteroatoms. The number of hydrogen-bond acceptors (Lipinski definition) is 3. The Hall–Kier alpha value is -0.610. The number of rotatable bonds is 5. The molecule has 0 saturated carbocycles. The van der Waals surface area contributed by atoms with Gasteiger partial charge in [0.25, 0.3) is 0 Å². The van der Waals surface area contributed by atoms with Gasteiger partial charge in [0.05, 0.1) is 6.54 Å². The molecule has 4 nitrogen and oxygen atoms in total. The van der Waals surface area contributed by atoms with Crippen LogP contribution in [-0.4, -0.2) is 51.1 Å². The van der Waals surface area contributed by atoms with E-state index >= 15 is 0 Å². The Labute approximate surface area is 86.0 Å². The van der Waals surface area contributed by atoms with Crippen molar-refractivity contribution in [3.63, 3.8) is 0 Å². The maximum atomic E-state index is 11.3. The van der Waals surface area contributed by atoms with Gasteiger partial charge in [-0.3, -0.25) is 4.79 Å². The first-order valence-electron chi connectivity index (χ1n) is 5.30. The van der Waals surface area contributed by atoms with Gasteiger partial charge in [0.1, 0.15) is 0 Å². The van der Waals surface area contributed by atoms with Crippen LogP contribution in [0, 0.1) is 5.92 Å². The molecule has 82 valence electrons. The summed E-state index contributed by atoms with van der Waals surface area (Å²) >= 11 is 0. The second-order valence-corrected chi connectivity index (χ2v) is 4.24. The van der Waals surface area contributed by atoms with Gasteiger partial charge in [-0.15, -0.1) is 0 Å². The molecule has 0 aromatic carbocycles. The summed E-state index contributed by atoms with van der Waals surface area (Å²) in [6.45, 7) is 3.56. The van der Waals surface area contributed by atoms with Crippen molar-refractivity contribution < 1.29 is 4.79 Å². The molecule has 1 fully saturated rings. The fourth-order valence-electron chi connectivity index (χ4n) is 1.72.